The molecule has 0 unspecified atom stereocenters. The number of carbonyl (C=O) groups excluding carboxylic acids is 3. The van der Waals surface area contributed by atoms with Gasteiger partial charge in [0.25, 0.3) is 17.7 Å². The second kappa shape index (κ2) is 35.8. The number of rotatable bonds is 24. The van der Waals surface area contributed by atoms with E-state index in [0.29, 0.717) is 92.9 Å². The zero-order valence-corrected chi connectivity index (χ0v) is 71.8. The molecule has 0 radical (unpaired) electrons. The number of aromatic nitrogens is 3. The maximum absolute atomic E-state index is 14.8. The number of fused-ring (bicyclic) bond motifs is 6. The molecule has 3 aliphatic heterocycles. The summed E-state index contributed by atoms with van der Waals surface area (Å²) in [7, 11) is -4.08. The van der Waals surface area contributed by atoms with E-state index in [-0.39, 0.29) is 146 Å². The largest absolute Gasteiger partial charge is 0.505 e. The summed E-state index contributed by atoms with van der Waals surface area (Å²) < 4.78 is 200. The van der Waals surface area contributed by atoms with E-state index in [0.717, 1.165) is 72.9 Å². The van der Waals surface area contributed by atoms with Crippen LogP contribution in [0, 0.1) is 40.7 Å². The van der Waals surface area contributed by atoms with Crippen LogP contribution in [0.2, 0.25) is 10.0 Å². The summed E-state index contributed by atoms with van der Waals surface area (Å²) in [6.45, 7) is -0.516. The minimum atomic E-state index is -3.87. The van der Waals surface area contributed by atoms with E-state index in [4.69, 9.17) is 42.1 Å². The first-order valence-corrected chi connectivity index (χ1v) is 44.5. The Morgan fingerprint density at radius 2 is 0.752 bits per heavy atom. The highest BCUT2D eigenvalue weighted by molar-refractivity contribution is 7.92. The zero-order chi connectivity index (χ0) is 89.6. The Kier molecular flexibility index (Phi) is 25.3. The average Bonchev–Trinajstić information content (AvgIpc) is 1.71. The number of nitrogens with one attached hydrogen (secondary N) is 1. The molecule has 35 heteroatoms. The number of carbonyl (C=O) groups is 3. The van der Waals surface area contributed by atoms with Crippen molar-refractivity contribution in [1.29, 1.82) is 0 Å². The van der Waals surface area contributed by atoms with Gasteiger partial charge in [-0.05, 0) is 155 Å². The number of hydrogen-bond donors (Lipinski definition) is 2. The fraction of sp³-hybridized carbons (Fsp3) is 0.200. The van der Waals surface area contributed by atoms with Crippen molar-refractivity contribution in [2.45, 2.75) is 65.2 Å². The lowest BCUT2D eigenvalue weighted by atomic mass is 9.98. The fourth-order valence-corrected chi connectivity index (χ4v) is 17.0. The van der Waals surface area contributed by atoms with Gasteiger partial charge in [0.15, 0.2) is 17.2 Å². The number of nitrogens with zero attached hydrogens (tertiary/aromatic N) is 8. The van der Waals surface area contributed by atoms with Crippen LogP contribution in [0.1, 0.15) is 103 Å². The summed E-state index contributed by atoms with van der Waals surface area (Å²) in [4.78, 5) is 56.7. The molecule has 3 amide bonds. The quantitative estimate of drug-likeness (QED) is 0.0420. The monoisotopic (exact) mass is 1810 g/mol. The number of anilines is 3. The summed E-state index contributed by atoms with van der Waals surface area (Å²) in [6, 6.07) is 41.3. The van der Waals surface area contributed by atoms with E-state index < -0.39 is 70.9 Å². The molecule has 0 aliphatic carbocycles. The molecule has 0 saturated heterocycles. The van der Waals surface area contributed by atoms with Crippen molar-refractivity contribution in [3.63, 3.8) is 0 Å². The van der Waals surface area contributed by atoms with Gasteiger partial charge in [0.05, 0.1) is 76.8 Å². The lowest BCUT2D eigenvalue weighted by Gasteiger charge is -2.24. The van der Waals surface area contributed by atoms with E-state index in [1.807, 2.05) is 30.3 Å². The van der Waals surface area contributed by atoms with Gasteiger partial charge < -0.3 is 39.2 Å². The lowest BCUT2D eigenvalue weighted by molar-refractivity contribution is 0.0755. The van der Waals surface area contributed by atoms with Gasteiger partial charge in [0.2, 0.25) is 30.1 Å². The van der Waals surface area contributed by atoms with Crippen molar-refractivity contribution >= 4 is 121 Å². The van der Waals surface area contributed by atoms with Crippen LogP contribution in [-0.4, -0.2) is 127 Å². The smallest absolute Gasteiger partial charge is 0.258 e. The highest BCUT2D eigenvalue weighted by Crippen LogP contribution is 2.49. The molecule has 0 atom stereocenters. The van der Waals surface area contributed by atoms with Crippen LogP contribution in [0.3, 0.4) is 0 Å². The van der Waals surface area contributed by atoms with E-state index in [1.165, 1.54) is 77.8 Å². The molecule has 0 fully saturated rings. The summed E-state index contributed by atoms with van der Waals surface area (Å²) in [5.41, 5.74) is 8.77. The fourth-order valence-electron chi connectivity index (χ4n) is 15.0. The number of halogens is 9. The first-order chi connectivity index (χ1) is 59.3. The third-order valence-electron chi connectivity index (χ3n) is 21.4. The lowest BCUT2D eigenvalue weighted by Crippen LogP contribution is -2.27. The molecule has 125 heavy (non-hydrogen) atoms. The van der Waals surface area contributed by atoms with Gasteiger partial charge in [-0.2, -0.15) is 0 Å². The molecule has 23 nitrogen and oxygen atoms in total. The van der Waals surface area contributed by atoms with Crippen LogP contribution in [0.4, 0.5) is 47.8 Å². The highest BCUT2D eigenvalue weighted by Gasteiger charge is 2.41. The Balaban J connectivity index is 0.000000154. The van der Waals surface area contributed by atoms with E-state index >= 15 is 0 Å². The van der Waals surface area contributed by atoms with Gasteiger partial charge in [-0.25, -0.2) is 56.0 Å². The highest BCUT2D eigenvalue weighted by atomic mass is 35.5. The second-order valence-electron chi connectivity index (χ2n) is 29.9. The van der Waals surface area contributed by atoms with Crippen LogP contribution in [0.15, 0.2) is 182 Å². The number of sulfonamides is 3. The maximum atomic E-state index is 14.8. The van der Waals surface area contributed by atoms with Gasteiger partial charge in [-0.15, -0.1) is 0 Å². The first-order valence-electron chi connectivity index (χ1n) is 38.2. The molecule has 6 heterocycles. The number of phenols is 1. The molecule has 0 bridgehead atoms. The van der Waals surface area contributed by atoms with Crippen molar-refractivity contribution in [3.8, 4) is 28.7 Å². The van der Waals surface area contributed by atoms with Crippen molar-refractivity contribution in [3.05, 3.63) is 322 Å². The molecular weight excluding hydrogens is 1730 g/mol. The van der Waals surface area contributed by atoms with Crippen LogP contribution in [0.25, 0.3) is 32.7 Å². The zero-order valence-electron chi connectivity index (χ0n) is 67.9. The van der Waals surface area contributed by atoms with Crippen LogP contribution >= 0.6 is 23.2 Å². The Bertz CT molecular complexity index is 6860. The number of aromatic hydroxyl groups is 1. The number of hydrogen-bond acceptors (Lipinski definition) is 17. The summed E-state index contributed by atoms with van der Waals surface area (Å²) in [6.07, 6.45) is 9.05. The van der Waals surface area contributed by atoms with Gasteiger partial charge >= 0.3 is 0 Å². The Labute approximate surface area is 723 Å². The molecule has 10 aromatic carbocycles. The van der Waals surface area contributed by atoms with Crippen molar-refractivity contribution in [2.75, 3.05) is 67.0 Å². The number of phenolic OH excluding ortho intramolecular Hbond substituents is 1. The van der Waals surface area contributed by atoms with Gasteiger partial charge in [0, 0.05) is 129 Å². The molecule has 3 aliphatic rings. The molecule has 0 saturated carbocycles. The minimum Gasteiger partial charge on any atom is -0.505 e. The summed E-state index contributed by atoms with van der Waals surface area (Å²) in [5.74, 6) is -5.02. The molecule has 16 rings (SSSR count). The number of benzene rings is 10. The molecule has 646 valence electrons. The van der Waals surface area contributed by atoms with Crippen molar-refractivity contribution in [2.24, 2.45) is 0 Å². The second-order valence-corrected chi connectivity index (χ2v) is 36.8. The average molecular weight is 1810 g/mol. The molecule has 2 N–H and O–H groups in total. The molecule has 3 aromatic heterocycles. The Morgan fingerprint density at radius 3 is 1.12 bits per heavy atom. The molecular formula is C90H76Cl2F7N9O14S3. The number of ether oxygens (including phenoxy) is 4. The Hall–Kier alpha value is -12.8. The predicted octanol–water partition coefficient (Wildman–Crippen LogP) is 16.4. The Morgan fingerprint density at radius 1 is 0.424 bits per heavy atom. The maximum Gasteiger partial charge on any atom is 0.258 e. The van der Waals surface area contributed by atoms with Crippen LogP contribution in [0.5, 0.6) is 28.7 Å². The van der Waals surface area contributed by atoms with Crippen LogP contribution < -0.4 is 37.2 Å². The van der Waals surface area contributed by atoms with E-state index in [2.05, 4.69) is 20.3 Å². The number of pyridine rings is 3. The summed E-state index contributed by atoms with van der Waals surface area (Å²) in [5, 5.41) is 14.5. The normalized spacial score (nSPS) is 13.0. The van der Waals surface area contributed by atoms with E-state index in [1.54, 1.807) is 99.4 Å². The van der Waals surface area contributed by atoms with Crippen molar-refractivity contribution in [1.82, 2.24) is 30.1 Å². The minimum absolute atomic E-state index is 0.00770. The third kappa shape index (κ3) is 18.8. The topological polar surface area (TPSA) is 278 Å². The van der Waals surface area contributed by atoms with E-state index in [9.17, 15) is 75.5 Å². The standard InChI is InChI=1S/C35H29ClF3N3O5S.C28H26FN3O5S.C27H21ClF3N3O4S/c1-41(48(3,44)45)33-26-13-22(12-20-4-8-24(37)9-5-20)16-40-32(26)34(47-19-21-6-10-25(46-2)11-7-21)31-27(33)18-42(35(31)43)17-23-14-28(36)30(39)15-29(23)38;1-32(38(3,34)35)26-22-13-19(12-17-4-8-20(29)9-5-17)14-30-25(22)27(24-23(26)15-31-28(24)33)37-16-18-6-10-21(36-2)11-7-18;1-33(39(2,37)38)25-18-8-15(7-14-3-5-17(29)6-4-14)11-32-24(18)26(35)23-19(25)13-34(27(23)36)12-16-9-20(28)22(31)10-21(16)30/h4-11,13-16H,12,17-19H2,1-3H3;4-11,13-14H,12,15-16H2,1-3H3,(H,31,33);3-6,8-11,35H,7,12-13H2,1-2H3. The van der Waals surface area contributed by atoms with Crippen molar-refractivity contribution < 1.29 is 94.4 Å². The SMILES string of the molecule is CN(c1c2c(c(O)c3ncc(Cc4ccc(F)cc4)cc13)C(=O)N(Cc1cc(Cl)c(F)cc1F)C2)S(C)(=O)=O.COc1ccc(COc2c3c(c(N(C)S(C)(=O)=O)c4cc(Cc5ccc(F)cc5)cnc24)CN(Cc2cc(Cl)c(F)cc2F)C3=O)cc1.COc1ccc(COc2c3c(c(N(C)S(C)(=O)=O)c4cc(Cc5ccc(F)cc5)cnc24)CNC3=O)cc1. The number of methoxy groups -OCH3 is 2. The van der Waals surface area contributed by atoms with Crippen LogP contribution in [-0.2, 0) is 95.3 Å². The molecule has 13 aromatic rings. The van der Waals surface area contributed by atoms with Gasteiger partial charge in [-0.3, -0.25) is 42.3 Å². The molecule has 0 spiro atoms. The number of amides is 3. The first kappa shape index (κ1) is 88.5. The predicted molar refractivity (Wildman–Crippen MR) is 460 cm³/mol. The summed E-state index contributed by atoms with van der Waals surface area (Å²) >= 11 is 11.7. The van der Waals surface area contributed by atoms with Gasteiger partial charge in [-0.1, -0.05) is 83.9 Å². The van der Waals surface area contributed by atoms with Gasteiger partial charge in [0.1, 0.15) is 82.0 Å². The third-order valence-corrected chi connectivity index (χ3v) is 25.6.